The van der Waals surface area contributed by atoms with E-state index in [1.165, 1.54) is 17.3 Å². The normalized spacial score (nSPS) is 15.7. The van der Waals surface area contributed by atoms with Crippen molar-refractivity contribution in [2.75, 3.05) is 6.61 Å². The topological polar surface area (TPSA) is 59.9 Å². The molecule has 0 spiro atoms. The Morgan fingerprint density at radius 1 is 1.03 bits per heavy atom. The fourth-order valence-corrected chi connectivity index (χ4v) is 4.64. The Bertz CT molecular complexity index is 1210. The minimum Gasteiger partial charge on any atom is -0.494 e. The first-order valence-electron chi connectivity index (χ1n) is 10.5. The minimum atomic E-state index is -0.153. The first-order chi connectivity index (χ1) is 16.0. The number of benzene rings is 3. The molecule has 4 rings (SSSR count). The fourth-order valence-electron chi connectivity index (χ4n) is 3.10. The second-order valence-corrected chi connectivity index (χ2v) is 9.57. The second kappa shape index (κ2) is 10.9. The Balaban J connectivity index is 1.42. The smallest absolute Gasteiger partial charge is 0.264 e. The summed E-state index contributed by atoms with van der Waals surface area (Å²) in [5, 5.41) is 3.39. The van der Waals surface area contributed by atoms with Gasteiger partial charge in [-0.25, -0.2) is 4.99 Å². The molecule has 0 unspecified atom stereocenters. The summed E-state index contributed by atoms with van der Waals surface area (Å²) in [7, 11) is 0. The molecular formula is C26H23IN2O3S. The van der Waals surface area contributed by atoms with Crippen molar-refractivity contribution in [2.45, 2.75) is 20.5 Å². The van der Waals surface area contributed by atoms with E-state index in [9.17, 15) is 4.79 Å². The largest absolute Gasteiger partial charge is 0.494 e. The van der Waals surface area contributed by atoms with Crippen molar-refractivity contribution in [3.05, 3.63) is 91.9 Å². The van der Waals surface area contributed by atoms with Gasteiger partial charge in [-0.3, -0.25) is 4.79 Å². The number of nitrogens with one attached hydrogen (secondary N) is 1. The van der Waals surface area contributed by atoms with Crippen molar-refractivity contribution < 1.29 is 14.3 Å². The Labute approximate surface area is 211 Å². The highest BCUT2D eigenvalue weighted by Crippen LogP contribution is 2.30. The van der Waals surface area contributed by atoms with Gasteiger partial charge in [0.05, 0.1) is 20.8 Å². The SMILES string of the molecule is CCOc1ccc(N=C2NC(=O)/C(=C\c3ccc(OCc4ccc(C)cc4)c(I)c3)S2)cc1. The van der Waals surface area contributed by atoms with Gasteiger partial charge in [-0.05, 0) is 102 Å². The lowest BCUT2D eigenvalue weighted by molar-refractivity contribution is -0.115. The van der Waals surface area contributed by atoms with Gasteiger partial charge in [0.2, 0.25) is 0 Å². The van der Waals surface area contributed by atoms with Crippen molar-refractivity contribution in [2.24, 2.45) is 4.99 Å². The molecule has 3 aromatic carbocycles. The van der Waals surface area contributed by atoms with Gasteiger partial charge in [0.15, 0.2) is 5.17 Å². The van der Waals surface area contributed by atoms with Crippen molar-refractivity contribution in [1.82, 2.24) is 5.32 Å². The monoisotopic (exact) mass is 570 g/mol. The predicted octanol–water partition coefficient (Wildman–Crippen LogP) is 6.47. The molecule has 0 aromatic heterocycles. The van der Waals surface area contributed by atoms with E-state index in [0.717, 1.165) is 31.9 Å². The molecule has 1 aliphatic rings. The van der Waals surface area contributed by atoms with E-state index in [1.807, 2.05) is 55.5 Å². The highest BCUT2D eigenvalue weighted by molar-refractivity contribution is 14.1. The van der Waals surface area contributed by atoms with Crippen molar-refractivity contribution in [3.8, 4) is 11.5 Å². The Morgan fingerprint density at radius 3 is 2.48 bits per heavy atom. The molecule has 0 atom stereocenters. The number of halogens is 1. The van der Waals surface area contributed by atoms with E-state index in [1.54, 1.807) is 0 Å². The van der Waals surface area contributed by atoms with E-state index in [2.05, 4.69) is 64.1 Å². The van der Waals surface area contributed by atoms with Gasteiger partial charge in [-0.2, -0.15) is 0 Å². The summed E-state index contributed by atoms with van der Waals surface area (Å²) >= 11 is 3.58. The van der Waals surface area contributed by atoms with Gasteiger partial charge in [-0.15, -0.1) is 0 Å². The second-order valence-electron chi connectivity index (χ2n) is 7.37. The zero-order valence-electron chi connectivity index (χ0n) is 18.3. The number of aliphatic imine (C=N–C) groups is 1. The molecule has 7 heteroatoms. The van der Waals surface area contributed by atoms with Crippen LogP contribution >= 0.6 is 34.4 Å². The molecule has 33 heavy (non-hydrogen) atoms. The third-order valence-electron chi connectivity index (χ3n) is 4.80. The summed E-state index contributed by atoms with van der Waals surface area (Å²) in [5.41, 5.74) is 4.04. The number of thioether (sulfide) groups is 1. The summed E-state index contributed by atoms with van der Waals surface area (Å²) in [6.45, 7) is 5.14. The molecule has 1 fully saturated rings. The predicted molar refractivity (Wildman–Crippen MR) is 143 cm³/mol. The highest BCUT2D eigenvalue weighted by Gasteiger charge is 2.23. The van der Waals surface area contributed by atoms with Gasteiger partial charge in [0, 0.05) is 0 Å². The zero-order chi connectivity index (χ0) is 23.2. The summed E-state index contributed by atoms with van der Waals surface area (Å²) in [6.07, 6.45) is 1.87. The van der Waals surface area contributed by atoms with E-state index >= 15 is 0 Å². The molecule has 0 radical (unpaired) electrons. The Hall–Kier alpha value is -2.78. The van der Waals surface area contributed by atoms with Crippen LogP contribution in [0.15, 0.2) is 76.6 Å². The summed E-state index contributed by atoms with van der Waals surface area (Å²) < 4.78 is 12.4. The molecule has 0 saturated carbocycles. The first-order valence-corrected chi connectivity index (χ1v) is 12.4. The minimum absolute atomic E-state index is 0.153. The zero-order valence-corrected chi connectivity index (χ0v) is 21.3. The van der Waals surface area contributed by atoms with Crippen LogP contribution in [0.1, 0.15) is 23.6 Å². The number of ether oxygens (including phenoxy) is 2. The number of carbonyl (C=O) groups excluding carboxylic acids is 1. The van der Waals surface area contributed by atoms with E-state index in [4.69, 9.17) is 9.47 Å². The number of carbonyl (C=O) groups is 1. The average Bonchev–Trinajstić information content (AvgIpc) is 3.14. The molecule has 3 aromatic rings. The molecule has 5 nitrogen and oxygen atoms in total. The van der Waals surface area contributed by atoms with Crippen LogP contribution in [-0.4, -0.2) is 17.7 Å². The van der Waals surface area contributed by atoms with Crippen molar-refractivity contribution in [1.29, 1.82) is 0 Å². The maximum atomic E-state index is 12.4. The quantitative estimate of drug-likeness (QED) is 0.262. The van der Waals surface area contributed by atoms with Gasteiger partial charge in [0.1, 0.15) is 18.1 Å². The maximum absolute atomic E-state index is 12.4. The van der Waals surface area contributed by atoms with Crippen LogP contribution in [0.4, 0.5) is 5.69 Å². The van der Waals surface area contributed by atoms with Crippen molar-refractivity contribution in [3.63, 3.8) is 0 Å². The lowest BCUT2D eigenvalue weighted by Crippen LogP contribution is -2.19. The van der Waals surface area contributed by atoms with Crippen LogP contribution < -0.4 is 14.8 Å². The lowest BCUT2D eigenvalue weighted by Gasteiger charge is -2.09. The van der Waals surface area contributed by atoms with E-state index in [0.29, 0.717) is 23.3 Å². The summed E-state index contributed by atoms with van der Waals surface area (Å²) in [6, 6.07) is 21.7. The third kappa shape index (κ3) is 6.39. The number of hydrogen-bond acceptors (Lipinski definition) is 5. The summed E-state index contributed by atoms with van der Waals surface area (Å²) in [5.74, 6) is 1.46. The first kappa shape index (κ1) is 23.4. The lowest BCUT2D eigenvalue weighted by atomic mass is 10.1. The Kier molecular flexibility index (Phi) is 7.72. The van der Waals surface area contributed by atoms with E-state index < -0.39 is 0 Å². The van der Waals surface area contributed by atoms with Gasteiger partial charge in [0.25, 0.3) is 5.91 Å². The van der Waals surface area contributed by atoms with Crippen LogP contribution in [0.3, 0.4) is 0 Å². The number of amides is 1. The number of nitrogens with zero attached hydrogens (tertiary/aromatic N) is 1. The molecule has 168 valence electrons. The van der Waals surface area contributed by atoms with Crippen molar-refractivity contribution >= 4 is 57.2 Å². The standard InChI is InChI=1S/C26H23IN2O3S/c1-3-31-21-11-9-20(10-12-21)28-26-29-25(30)24(33-26)15-19-8-13-23(22(27)14-19)32-16-18-6-4-17(2)5-7-18/h4-15H,3,16H2,1-2H3,(H,28,29,30)/b24-15+. The average molecular weight is 570 g/mol. The fraction of sp³-hybridized carbons (Fsp3) is 0.154. The number of rotatable bonds is 7. The summed E-state index contributed by atoms with van der Waals surface area (Å²) in [4.78, 5) is 17.5. The number of amidine groups is 1. The van der Waals surface area contributed by atoms with Gasteiger partial charge < -0.3 is 14.8 Å². The molecule has 0 bridgehead atoms. The molecular weight excluding hydrogens is 547 g/mol. The van der Waals surface area contributed by atoms with Crippen LogP contribution in [0, 0.1) is 10.5 Å². The highest BCUT2D eigenvalue weighted by atomic mass is 127. The van der Waals surface area contributed by atoms with Gasteiger partial charge in [-0.1, -0.05) is 35.9 Å². The van der Waals surface area contributed by atoms with Crippen LogP contribution in [0.25, 0.3) is 6.08 Å². The number of aryl methyl sites for hydroxylation is 1. The molecule has 1 aliphatic heterocycles. The molecule has 0 aliphatic carbocycles. The molecule has 1 saturated heterocycles. The Morgan fingerprint density at radius 2 is 1.79 bits per heavy atom. The molecule has 1 N–H and O–H groups in total. The van der Waals surface area contributed by atoms with Crippen LogP contribution in [0.5, 0.6) is 11.5 Å². The van der Waals surface area contributed by atoms with Crippen LogP contribution in [0.2, 0.25) is 0 Å². The van der Waals surface area contributed by atoms with E-state index in [-0.39, 0.29) is 5.91 Å². The molecule has 1 heterocycles. The van der Waals surface area contributed by atoms with Crippen LogP contribution in [-0.2, 0) is 11.4 Å². The number of hydrogen-bond donors (Lipinski definition) is 1. The van der Waals surface area contributed by atoms with Gasteiger partial charge >= 0.3 is 0 Å². The maximum Gasteiger partial charge on any atom is 0.264 e. The third-order valence-corrected chi connectivity index (χ3v) is 6.55. The molecule has 1 amide bonds.